The van der Waals surface area contributed by atoms with Crippen LogP contribution in [-0.4, -0.2) is 0 Å². The first-order chi connectivity index (χ1) is 12.4. The van der Waals surface area contributed by atoms with Crippen LogP contribution < -0.4 is 14.1 Å². The van der Waals surface area contributed by atoms with Crippen LogP contribution in [0.2, 0.25) is 10.0 Å². The van der Waals surface area contributed by atoms with Crippen molar-refractivity contribution in [1.82, 2.24) is 0 Å². The van der Waals surface area contributed by atoms with Gasteiger partial charge in [-0.15, -0.1) is 0 Å². The van der Waals surface area contributed by atoms with E-state index in [-0.39, 0.29) is 0 Å². The molecule has 3 rings (SSSR count). The molecule has 26 heavy (non-hydrogen) atoms. The first-order valence-electron chi connectivity index (χ1n) is 7.47. The average molecular weight is 473 g/mol. The van der Waals surface area contributed by atoms with Gasteiger partial charge in [-0.05, 0) is 76.6 Å². The van der Waals surface area contributed by atoms with E-state index < -0.39 is 7.75 Å². The molecule has 0 saturated heterocycles. The zero-order valence-electron chi connectivity index (χ0n) is 13.2. The normalized spacial score (nSPS) is 11.0. The lowest BCUT2D eigenvalue weighted by molar-refractivity contribution is 0.393. The molecule has 0 radical (unpaired) electrons. The minimum absolute atomic E-state index is 0.353. The second kappa shape index (κ2) is 8.36. The van der Waals surface area contributed by atoms with Crippen molar-refractivity contribution in [1.29, 1.82) is 0 Å². The van der Waals surface area contributed by atoms with Crippen molar-refractivity contribution in [2.45, 2.75) is 0 Å². The van der Waals surface area contributed by atoms with E-state index in [2.05, 4.69) is 21.0 Å². The Morgan fingerprint density at radius 1 is 0.769 bits per heavy atom. The third-order valence-electron chi connectivity index (χ3n) is 3.21. The van der Waals surface area contributed by atoms with Crippen LogP contribution in [0, 0.1) is 0 Å². The third-order valence-corrected chi connectivity index (χ3v) is 5.82. The highest BCUT2D eigenvalue weighted by molar-refractivity contribution is 9.10. The Balaban J connectivity index is 1.91. The zero-order valence-corrected chi connectivity index (χ0v) is 17.2. The molecule has 4 nitrogen and oxygen atoms in total. The summed E-state index contributed by atoms with van der Waals surface area (Å²) in [5.41, 5.74) is 0.568. The molecule has 8 heteroatoms. The van der Waals surface area contributed by atoms with Gasteiger partial charge in [-0.2, -0.15) is 0 Å². The van der Waals surface area contributed by atoms with Gasteiger partial charge < -0.3 is 9.05 Å². The van der Waals surface area contributed by atoms with Gasteiger partial charge in [0.05, 0.1) is 5.69 Å². The second-order valence-electron chi connectivity index (χ2n) is 5.18. The van der Waals surface area contributed by atoms with Gasteiger partial charge in [0.15, 0.2) is 0 Å². The summed E-state index contributed by atoms with van der Waals surface area (Å²) < 4.78 is 25.4. The molecule has 1 N–H and O–H groups in total. The minimum atomic E-state index is -3.81. The van der Waals surface area contributed by atoms with Gasteiger partial charge in [0.1, 0.15) is 11.5 Å². The number of anilines is 1. The molecule has 0 spiro atoms. The Labute approximate surface area is 169 Å². The molecule has 0 atom stereocenters. The second-order valence-corrected chi connectivity index (χ2v) is 8.49. The van der Waals surface area contributed by atoms with Gasteiger partial charge >= 0.3 is 7.75 Å². The Morgan fingerprint density at radius 2 is 1.23 bits per heavy atom. The molecule has 0 saturated carbocycles. The lowest BCUT2D eigenvalue weighted by Gasteiger charge is -2.21. The highest BCUT2D eigenvalue weighted by Crippen LogP contribution is 2.49. The quantitative estimate of drug-likeness (QED) is 0.379. The molecule has 134 valence electrons. The van der Waals surface area contributed by atoms with Crippen LogP contribution in [-0.2, 0) is 4.57 Å². The van der Waals surface area contributed by atoms with Crippen LogP contribution in [0.4, 0.5) is 5.69 Å². The number of rotatable bonds is 6. The summed E-state index contributed by atoms with van der Waals surface area (Å²) in [6.07, 6.45) is 0. The number of nitrogens with one attached hydrogen (secondary N) is 1. The summed E-state index contributed by atoms with van der Waals surface area (Å²) in [5, 5.41) is 3.94. The van der Waals surface area contributed by atoms with Crippen molar-refractivity contribution in [3.8, 4) is 11.5 Å². The minimum Gasteiger partial charge on any atom is -0.400 e. The first kappa shape index (κ1) is 19.1. The van der Waals surface area contributed by atoms with Gasteiger partial charge in [0.25, 0.3) is 0 Å². The number of para-hydroxylation sites is 1. The summed E-state index contributed by atoms with van der Waals surface area (Å²) in [6.45, 7) is 0. The molecule has 0 heterocycles. The number of halogens is 3. The predicted octanol–water partition coefficient (Wildman–Crippen LogP) is 7.43. The molecule has 0 aliphatic heterocycles. The average Bonchev–Trinajstić information content (AvgIpc) is 2.61. The van der Waals surface area contributed by atoms with E-state index in [4.69, 9.17) is 32.2 Å². The van der Waals surface area contributed by atoms with E-state index in [1.807, 2.05) is 18.2 Å². The molecule has 3 aromatic rings. The standard InChI is InChI=1S/C18H13BrCl2NO3P/c19-17-3-1-2-4-18(17)22-26(23,24-15-9-5-13(20)6-10-15)25-16-11-7-14(21)8-12-16/h1-12H,(H,22,23). The van der Waals surface area contributed by atoms with Crippen LogP contribution in [0.5, 0.6) is 11.5 Å². The fourth-order valence-electron chi connectivity index (χ4n) is 2.03. The molecule has 0 bridgehead atoms. The van der Waals surface area contributed by atoms with E-state index in [0.717, 1.165) is 4.47 Å². The van der Waals surface area contributed by atoms with Crippen LogP contribution in [0.3, 0.4) is 0 Å². The SMILES string of the molecule is O=P(Nc1ccccc1Br)(Oc1ccc(Cl)cc1)Oc1ccc(Cl)cc1. The van der Waals surface area contributed by atoms with Crippen molar-refractivity contribution in [2.24, 2.45) is 0 Å². The molecule has 0 unspecified atom stereocenters. The maximum atomic E-state index is 13.4. The summed E-state index contributed by atoms with van der Waals surface area (Å²) in [4.78, 5) is 0. The van der Waals surface area contributed by atoms with Crippen LogP contribution in [0.25, 0.3) is 0 Å². The lowest BCUT2D eigenvalue weighted by Crippen LogP contribution is -2.10. The van der Waals surface area contributed by atoms with Crippen LogP contribution in [0.15, 0.2) is 77.3 Å². The summed E-state index contributed by atoms with van der Waals surface area (Å²) >= 11 is 15.2. The summed E-state index contributed by atoms with van der Waals surface area (Å²) in [7, 11) is -3.81. The van der Waals surface area contributed by atoms with Crippen LogP contribution >= 0.6 is 46.9 Å². The van der Waals surface area contributed by atoms with Crippen molar-refractivity contribution in [3.05, 3.63) is 87.3 Å². The lowest BCUT2D eigenvalue weighted by atomic mass is 10.3. The Kier molecular flexibility index (Phi) is 6.15. The van der Waals surface area contributed by atoms with Gasteiger partial charge in [0, 0.05) is 14.5 Å². The molecular formula is C18H13BrCl2NO3P. The highest BCUT2D eigenvalue weighted by Gasteiger charge is 2.29. The molecule has 0 aliphatic rings. The molecule has 0 amide bonds. The van der Waals surface area contributed by atoms with E-state index in [9.17, 15) is 4.57 Å². The fourth-order valence-corrected chi connectivity index (χ4v) is 4.24. The van der Waals surface area contributed by atoms with E-state index in [1.54, 1.807) is 54.6 Å². The topological polar surface area (TPSA) is 47.6 Å². The molecule has 0 aliphatic carbocycles. The van der Waals surface area contributed by atoms with Crippen molar-refractivity contribution >= 4 is 52.6 Å². The van der Waals surface area contributed by atoms with Crippen molar-refractivity contribution < 1.29 is 13.6 Å². The van der Waals surface area contributed by atoms with Crippen LogP contribution in [0.1, 0.15) is 0 Å². The monoisotopic (exact) mass is 471 g/mol. The maximum absolute atomic E-state index is 13.4. The molecule has 0 aromatic heterocycles. The fraction of sp³-hybridized carbons (Fsp3) is 0. The largest absolute Gasteiger partial charge is 0.541 e. The molecule has 0 fully saturated rings. The Bertz CT molecular complexity index is 884. The van der Waals surface area contributed by atoms with Gasteiger partial charge in [-0.25, -0.2) is 4.57 Å². The summed E-state index contributed by atoms with van der Waals surface area (Å²) in [5.74, 6) is 0.706. The zero-order chi connectivity index (χ0) is 18.6. The maximum Gasteiger partial charge on any atom is 0.541 e. The highest BCUT2D eigenvalue weighted by atomic mass is 79.9. The van der Waals surface area contributed by atoms with Gasteiger partial charge in [0.2, 0.25) is 0 Å². The third kappa shape index (κ3) is 5.18. The first-order valence-corrected chi connectivity index (χ1v) is 10.6. The molecular weight excluding hydrogens is 460 g/mol. The van der Waals surface area contributed by atoms with E-state index in [1.165, 1.54) is 0 Å². The smallest absolute Gasteiger partial charge is 0.400 e. The number of benzene rings is 3. The van der Waals surface area contributed by atoms with Gasteiger partial charge in [-0.3, -0.25) is 5.09 Å². The van der Waals surface area contributed by atoms with Crippen molar-refractivity contribution in [2.75, 3.05) is 5.09 Å². The van der Waals surface area contributed by atoms with Gasteiger partial charge in [-0.1, -0.05) is 35.3 Å². The molecule has 3 aromatic carbocycles. The number of hydrogen-bond acceptors (Lipinski definition) is 3. The van der Waals surface area contributed by atoms with E-state index >= 15 is 0 Å². The summed E-state index contributed by atoms with van der Waals surface area (Å²) in [6, 6.07) is 20.2. The van der Waals surface area contributed by atoms with Crippen molar-refractivity contribution in [3.63, 3.8) is 0 Å². The predicted molar refractivity (Wildman–Crippen MR) is 110 cm³/mol. The van der Waals surface area contributed by atoms with E-state index in [0.29, 0.717) is 27.2 Å². The Morgan fingerprint density at radius 3 is 1.69 bits per heavy atom. The number of hydrogen-bond donors (Lipinski definition) is 1. The Hall–Kier alpha value is -1.65.